The minimum absolute atomic E-state index is 0.256. The fourth-order valence-corrected chi connectivity index (χ4v) is 2.54. The Balaban J connectivity index is 1.90. The monoisotopic (exact) mass is 255 g/mol. The molecular weight excluding hydrogens is 238 g/mol. The first kappa shape index (κ1) is 12.7. The summed E-state index contributed by atoms with van der Waals surface area (Å²) in [7, 11) is 1.76. The van der Waals surface area contributed by atoms with Gasteiger partial charge < -0.3 is 15.2 Å². The zero-order valence-corrected chi connectivity index (χ0v) is 10.7. The van der Waals surface area contributed by atoms with Gasteiger partial charge in [0.1, 0.15) is 5.75 Å². The van der Waals surface area contributed by atoms with Crippen molar-refractivity contribution in [2.45, 2.75) is 38.0 Å². The fraction of sp³-hybridized carbons (Fsp3) is 0.538. The highest BCUT2D eigenvalue weighted by atomic mass is 35.5. The van der Waals surface area contributed by atoms with E-state index in [4.69, 9.17) is 16.3 Å². The third-order valence-corrected chi connectivity index (χ3v) is 3.73. The lowest BCUT2D eigenvalue weighted by atomic mass is 10.1. The molecule has 3 nitrogen and oxygen atoms in total. The fourth-order valence-electron chi connectivity index (χ4n) is 2.31. The normalized spacial score (nSPS) is 24.1. The van der Waals surface area contributed by atoms with Gasteiger partial charge in [-0.3, -0.25) is 0 Å². The topological polar surface area (TPSA) is 41.5 Å². The number of aromatic hydroxyl groups is 1. The van der Waals surface area contributed by atoms with Crippen LogP contribution in [0.15, 0.2) is 18.2 Å². The lowest BCUT2D eigenvalue weighted by Gasteiger charge is -2.14. The Labute approximate surface area is 107 Å². The molecule has 2 unspecified atom stereocenters. The van der Waals surface area contributed by atoms with E-state index >= 15 is 0 Å². The first-order chi connectivity index (χ1) is 8.20. The Morgan fingerprint density at radius 3 is 2.94 bits per heavy atom. The molecule has 0 spiro atoms. The van der Waals surface area contributed by atoms with Gasteiger partial charge in [-0.1, -0.05) is 17.7 Å². The maximum atomic E-state index is 9.71. The summed E-state index contributed by atoms with van der Waals surface area (Å²) < 4.78 is 5.33. The number of ether oxygens (including phenoxy) is 1. The van der Waals surface area contributed by atoms with Crippen LogP contribution in [0.1, 0.15) is 24.8 Å². The van der Waals surface area contributed by atoms with E-state index in [1.54, 1.807) is 25.3 Å². The third kappa shape index (κ3) is 3.12. The highest BCUT2D eigenvalue weighted by Crippen LogP contribution is 2.26. The zero-order valence-electron chi connectivity index (χ0n) is 9.95. The summed E-state index contributed by atoms with van der Waals surface area (Å²) in [5.74, 6) is 0.256. The Kier molecular flexibility index (Phi) is 4.26. The van der Waals surface area contributed by atoms with Crippen molar-refractivity contribution in [2.75, 3.05) is 7.11 Å². The highest BCUT2D eigenvalue weighted by molar-refractivity contribution is 6.31. The van der Waals surface area contributed by atoms with Crippen LogP contribution in [0.2, 0.25) is 5.02 Å². The summed E-state index contributed by atoms with van der Waals surface area (Å²) in [6, 6.07) is 5.66. The van der Waals surface area contributed by atoms with Gasteiger partial charge in [0, 0.05) is 30.3 Å². The number of phenols is 1. The summed E-state index contributed by atoms with van der Waals surface area (Å²) in [4.78, 5) is 0. The number of halogens is 1. The predicted molar refractivity (Wildman–Crippen MR) is 68.4 cm³/mol. The lowest BCUT2D eigenvalue weighted by Crippen LogP contribution is -2.26. The van der Waals surface area contributed by atoms with E-state index in [1.807, 2.05) is 0 Å². The predicted octanol–water partition coefficient (Wildman–Crippen LogP) is 2.70. The SMILES string of the molecule is COC1CCC(NCc2c(O)cccc2Cl)C1. The van der Waals surface area contributed by atoms with Gasteiger partial charge in [0.2, 0.25) is 0 Å². The van der Waals surface area contributed by atoms with Gasteiger partial charge in [0.05, 0.1) is 6.10 Å². The number of methoxy groups -OCH3 is 1. The second kappa shape index (κ2) is 5.71. The van der Waals surface area contributed by atoms with Crippen LogP contribution in [0.3, 0.4) is 0 Å². The number of benzene rings is 1. The van der Waals surface area contributed by atoms with Gasteiger partial charge in [-0.15, -0.1) is 0 Å². The third-order valence-electron chi connectivity index (χ3n) is 3.38. The van der Waals surface area contributed by atoms with Crippen LogP contribution in [-0.4, -0.2) is 24.4 Å². The molecular formula is C13H18ClNO2. The molecule has 0 aliphatic heterocycles. The van der Waals surface area contributed by atoms with Crippen molar-refractivity contribution >= 4 is 11.6 Å². The summed E-state index contributed by atoms with van der Waals surface area (Å²) in [6.07, 6.45) is 3.61. The molecule has 0 bridgehead atoms. The van der Waals surface area contributed by atoms with Crippen LogP contribution in [0.25, 0.3) is 0 Å². The molecule has 1 saturated carbocycles. The first-order valence-electron chi connectivity index (χ1n) is 5.93. The van der Waals surface area contributed by atoms with Gasteiger partial charge in [0.15, 0.2) is 0 Å². The zero-order chi connectivity index (χ0) is 12.3. The second-order valence-electron chi connectivity index (χ2n) is 4.49. The average molecular weight is 256 g/mol. The van der Waals surface area contributed by atoms with Crippen LogP contribution in [-0.2, 0) is 11.3 Å². The van der Waals surface area contributed by atoms with E-state index < -0.39 is 0 Å². The number of nitrogens with one attached hydrogen (secondary N) is 1. The van der Waals surface area contributed by atoms with Gasteiger partial charge in [-0.25, -0.2) is 0 Å². The number of rotatable bonds is 4. The Morgan fingerprint density at radius 1 is 1.47 bits per heavy atom. The molecule has 1 aromatic rings. The van der Waals surface area contributed by atoms with E-state index in [9.17, 15) is 5.11 Å². The second-order valence-corrected chi connectivity index (χ2v) is 4.89. The summed E-state index contributed by atoms with van der Waals surface area (Å²) in [5, 5.41) is 13.7. The van der Waals surface area contributed by atoms with Crippen molar-refractivity contribution in [1.29, 1.82) is 0 Å². The Morgan fingerprint density at radius 2 is 2.29 bits per heavy atom. The van der Waals surface area contributed by atoms with E-state index in [2.05, 4.69) is 5.32 Å². The van der Waals surface area contributed by atoms with E-state index in [1.165, 1.54) is 0 Å². The number of phenolic OH excluding ortho intramolecular Hbond substituents is 1. The smallest absolute Gasteiger partial charge is 0.121 e. The lowest BCUT2D eigenvalue weighted by molar-refractivity contribution is 0.107. The quantitative estimate of drug-likeness (QED) is 0.869. The van der Waals surface area contributed by atoms with E-state index in [0.717, 1.165) is 24.8 Å². The molecule has 0 saturated heterocycles. The highest BCUT2D eigenvalue weighted by Gasteiger charge is 2.24. The van der Waals surface area contributed by atoms with Crippen LogP contribution in [0.4, 0.5) is 0 Å². The van der Waals surface area contributed by atoms with Crippen LogP contribution >= 0.6 is 11.6 Å². The molecule has 1 fully saturated rings. The maximum absolute atomic E-state index is 9.71. The Bertz CT molecular complexity index is 363. The van der Waals surface area contributed by atoms with Gasteiger partial charge in [-0.05, 0) is 31.4 Å². The van der Waals surface area contributed by atoms with Crippen molar-refractivity contribution in [1.82, 2.24) is 5.32 Å². The van der Waals surface area contributed by atoms with Crippen molar-refractivity contribution in [3.63, 3.8) is 0 Å². The molecule has 94 valence electrons. The van der Waals surface area contributed by atoms with Crippen molar-refractivity contribution < 1.29 is 9.84 Å². The molecule has 0 amide bonds. The molecule has 17 heavy (non-hydrogen) atoms. The summed E-state index contributed by atoms with van der Waals surface area (Å²) >= 11 is 6.05. The van der Waals surface area contributed by atoms with Crippen molar-refractivity contribution in [3.8, 4) is 5.75 Å². The molecule has 1 aliphatic carbocycles. The molecule has 0 aromatic heterocycles. The maximum Gasteiger partial charge on any atom is 0.121 e. The number of hydrogen-bond donors (Lipinski definition) is 2. The van der Waals surface area contributed by atoms with Gasteiger partial charge in [0.25, 0.3) is 0 Å². The molecule has 0 radical (unpaired) electrons. The number of hydrogen-bond acceptors (Lipinski definition) is 3. The first-order valence-corrected chi connectivity index (χ1v) is 6.31. The standard InChI is InChI=1S/C13H18ClNO2/c1-17-10-6-5-9(7-10)15-8-11-12(14)3-2-4-13(11)16/h2-4,9-10,15-16H,5-8H2,1H3. The van der Waals surface area contributed by atoms with Gasteiger partial charge >= 0.3 is 0 Å². The van der Waals surface area contributed by atoms with E-state index in [-0.39, 0.29) is 5.75 Å². The van der Waals surface area contributed by atoms with Gasteiger partial charge in [-0.2, -0.15) is 0 Å². The van der Waals surface area contributed by atoms with Crippen molar-refractivity contribution in [3.05, 3.63) is 28.8 Å². The Hall–Kier alpha value is -0.770. The minimum atomic E-state index is 0.256. The van der Waals surface area contributed by atoms with Crippen LogP contribution < -0.4 is 5.32 Å². The van der Waals surface area contributed by atoms with Crippen LogP contribution in [0.5, 0.6) is 5.75 Å². The van der Waals surface area contributed by atoms with E-state index in [0.29, 0.717) is 23.7 Å². The molecule has 1 aliphatic rings. The molecule has 2 atom stereocenters. The molecule has 2 N–H and O–H groups in total. The summed E-state index contributed by atoms with van der Waals surface area (Å²) in [5.41, 5.74) is 0.773. The minimum Gasteiger partial charge on any atom is -0.508 e. The molecule has 2 rings (SSSR count). The summed E-state index contributed by atoms with van der Waals surface area (Å²) in [6.45, 7) is 0.604. The molecule has 0 heterocycles. The molecule has 4 heteroatoms. The average Bonchev–Trinajstić information content (AvgIpc) is 2.76. The molecule has 1 aromatic carbocycles. The van der Waals surface area contributed by atoms with Crippen LogP contribution in [0, 0.1) is 0 Å². The largest absolute Gasteiger partial charge is 0.508 e. The van der Waals surface area contributed by atoms with Crippen molar-refractivity contribution in [2.24, 2.45) is 0 Å².